The Morgan fingerprint density at radius 1 is 0.508 bits per heavy atom. The van der Waals surface area contributed by atoms with Gasteiger partial charge in [-0.15, -0.1) is 0 Å². The van der Waals surface area contributed by atoms with E-state index in [0.717, 1.165) is 70.6 Å². The molecule has 0 rings (SSSR count). The van der Waals surface area contributed by atoms with Crippen LogP contribution in [0.4, 0.5) is 0 Å². The maximum atomic E-state index is 12.1. The van der Waals surface area contributed by atoms with Gasteiger partial charge in [-0.25, -0.2) is 4.57 Å². The number of rotatable bonds is 47. The number of aliphatic hydroxyl groups is 1. The molecule has 1 amide bonds. The summed E-state index contributed by atoms with van der Waals surface area (Å²) >= 11 is 0. The number of carbonyl (C=O) groups excluding carboxylic acids is 2. The van der Waals surface area contributed by atoms with Crippen molar-refractivity contribution in [3.8, 4) is 0 Å². The number of hydrogen-bond acceptors (Lipinski definition) is 7. The van der Waals surface area contributed by atoms with Gasteiger partial charge in [0.05, 0.1) is 13.2 Å². The van der Waals surface area contributed by atoms with Crippen molar-refractivity contribution in [1.82, 2.24) is 5.32 Å². The molecule has 9 nitrogen and oxygen atoms in total. The fraction of sp³-hybridized carbons (Fsp3) is 0.804. The number of amides is 1. The number of ether oxygens (including phenoxy) is 1. The Balaban J connectivity index is 3.59. The van der Waals surface area contributed by atoms with Crippen LogP contribution in [0.2, 0.25) is 0 Å². The molecule has 356 valence electrons. The average Bonchev–Trinajstić information content (AvgIpc) is 3.25. The standard InChI is InChI=1S/C51H94NO8P/c1-3-5-7-9-11-13-15-17-19-21-22-23-24-25-26-28-30-32-34-36-38-40-42-44-51(55)58-47-49(53)48-60-61(56,57)59-46-45-52-50(54)43-41-39-37-35-33-31-29-27-20-18-16-14-12-10-8-6-4-2/h11,13,17,19,22-23,25-26,49,53H,3-10,12,14-16,18,20-21,24,27-48H2,1-2H3,(H,52,54)(H,56,57)/b13-11-,19-17-,23-22-,26-25-. The van der Waals surface area contributed by atoms with E-state index in [1.807, 2.05) is 0 Å². The van der Waals surface area contributed by atoms with Gasteiger partial charge in [-0.1, -0.05) is 210 Å². The van der Waals surface area contributed by atoms with Crippen molar-refractivity contribution in [3.05, 3.63) is 48.6 Å². The van der Waals surface area contributed by atoms with Gasteiger partial charge in [-0.05, 0) is 57.8 Å². The summed E-state index contributed by atoms with van der Waals surface area (Å²) in [6.45, 7) is 3.54. The summed E-state index contributed by atoms with van der Waals surface area (Å²) in [5.74, 6) is -0.521. The van der Waals surface area contributed by atoms with Crippen LogP contribution >= 0.6 is 7.82 Å². The second kappa shape index (κ2) is 47.4. The zero-order chi connectivity index (χ0) is 44.6. The highest BCUT2D eigenvalue weighted by Crippen LogP contribution is 2.42. The Morgan fingerprint density at radius 2 is 0.885 bits per heavy atom. The van der Waals surface area contributed by atoms with Gasteiger partial charge in [0, 0.05) is 19.4 Å². The molecule has 2 unspecified atom stereocenters. The summed E-state index contributed by atoms with van der Waals surface area (Å²) in [6, 6.07) is 0. The fourth-order valence-corrected chi connectivity index (χ4v) is 7.71. The molecule has 0 heterocycles. The Kier molecular flexibility index (Phi) is 45.9. The summed E-state index contributed by atoms with van der Waals surface area (Å²) < 4.78 is 27.0. The summed E-state index contributed by atoms with van der Waals surface area (Å²) in [5.41, 5.74) is 0. The first-order chi connectivity index (χ1) is 29.8. The Morgan fingerprint density at radius 3 is 1.36 bits per heavy atom. The van der Waals surface area contributed by atoms with Crippen LogP contribution < -0.4 is 5.32 Å². The van der Waals surface area contributed by atoms with Crippen molar-refractivity contribution in [2.24, 2.45) is 0 Å². The van der Waals surface area contributed by atoms with E-state index in [9.17, 15) is 24.2 Å². The highest BCUT2D eigenvalue weighted by atomic mass is 31.2. The number of allylic oxidation sites excluding steroid dienone is 8. The van der Waals surface area contributed by atoms with Crippen LogP contribution in [0.25, 0.3) is 0 Å². The minimum atomic E-state index is -4.42. The molecular formula is C51H94NO8P. The van der Waals surface area contributed by atoms with Gasteiger partial charge < -0.3 is 20.1 Å². The van der Waals surface area contributed by atoms with Gasteiger partial charge >= 0.3 is 13.8 Å². The van der Waals surface area contributed by atoms with Gasteiger partial charge in [0.2, 0.25) is 5.91 Å². The zero-order valence-corrected chi connectivity index (χ0v) is 40.3. The molecule has 0 aliphatic rings. The number of esters is 1. The summed E-state index contributed by atoms with van der Waals surface area (Å²) in [6.07, 6.45) is 56.1. The lowest BCUT2D eigenvalue weighted by Gasteiger charge is -2.15. The van der Waals surface area contributed by atoms with Crippen LogP contribution in [-0.2, 0) is 27.9 Å². The fourth-order valence-electron chi connectivity index (χ4n) is 6.95. The van der Waals surface area contributed by atoms with Crippen LogP contribution in [0, 0.1) is 0 Å². The van der Waals surface area contributed by atoms with E-state index in [0.29, 0.717) is 6.42 Å². The number of hydrogen-bond donors (Lipinski definition) is 3. The third kappa shape index (κ3) is 48.9. The molecule has 0 spiro atoms. The minimum Gasteiger partial charge on any atom is -0.463 e. The maximum Gasteiger partial charge on any atom is 0.472 e. The first kappa shape index (κ1) is 59.0. The van der Waals surface area contributed by atoms with E-state index in [4.69, 9.17) is 13.8 Å². The zero-order valence-electron chi connectivity index (χ0n) is 39.4. The van der Waals surface area contributed by atoms with Crippen LogP contribution in [0.5, 0.6) is 0 Å². The molecule has 0 saturated carbocycles. The molecule has 0 aliphatic carbocycles. The van der Waals surface area contributed by atoms with Crippen LogP contribution in [0.3, 0.4) is 0 Å². The minimum absolute atomic E-state index is 0.0820. The smallest absolute Gasteiger partial charge is 0.463 e. The van der Waals surface area contributed by atoms with Gasteiger partial charge in [0.25, 0.3) is 0 Å². The molecule has 0 saturated heterocycles. The van der Waals surface area contributed by atoms with Crippen molar-refractivity contribution < 1.29 is 37.9 Å². The molecule has 2 atom stereocenters. The van der Waals surface area contributed by atoms with E-state index in [1.54, 1.807) is 0 Å². The number of aliphatic hydroxyl groups excluding tert-OH is 1. The third-order valence-electron chi connectivity index (χ3n) is 10.8. The largest absolute Gasteiger partial charge is 0.472 e. The normalized spacial score (nSPS) is 13.6. The highest BCUT2D eigenvalue weighted by Gasteiger charge is 2.23. The van der Waals surface area contributed by atoms with Crippen LogP contribution in [-0.4, -0.2) is 54.3 Å². The predicted octanol–water partition coefficient (Wildman–Crippen LogP) is 14.7. The van der Waals surface area contributed by atoms with Crippen molar-refractivity contribution in [3.63, 3.8) is 0 Å². The molecular weight excluding hydrogens is 786 g/mol. The highest BCUT2D eigenvalue weighted by molar-refractivity contribution is 7.47. The first-order valence-corrected chi connectivity index (χ1v) is 26.6. The summed E-state index contributed by atoms with van der Waals surface area (Å²) in [4.78, 5) is 34.0. The van der Waals surface area contributed by atoms with Crippen molar-refractivity contribution in [2.75, 3.05) is 26.4 Å². The molecule has 0 bridgehead atoms. The van der Waals surface area contributed by atoms with E-state index >= 15 is 0 Å². The second-order valence-electron chi connectivity index (χ2n) is 16.8. The second-order valence-corrected chi connectivity index (χ2v) is 18.2. The molecule has 3 N–H and O–H groups in total. The lowest BCUT2D eigenvalue weighted by molar-refractivity contribution is -0.147. The Hall–Kier alpha value is -2.03. The van der Waals surface area contributed by atoms with E-state index < -0.39 is 26.5 Å². The van der Waals surface area contributed by atoms with Gasteiger partial charge in [0.1, 0.15) is 12.7 Å². The molecule has 61 heavy (non-hydrogen) atoms. The van der Waals surface area contributed by atoms with Crippen LogP contribution in [0.15, 0.2) is 48.6 Å². The molecule has 0 aromatic carbocycles. The number of nitrogens with one attached hydrogen (secondary N) is 1. The Labute approximate surface area is 375 Å². The lowest BCUT2D eigenvalue weighted by atomic mass is 10.0. The predicted molar refractivity (Wildman–Crippen MR) is 257 cm³/mol. The van der Waals surface area contributed by atoms with Gasteiger partial charge in [0.15, 0.2) is 0 Å². The molecule has 0 aromatic heterocycles. The Bertz CT molecular complexity index is 1140. The summed E-state index contributed by atoms with van der Waals surface area (Å²) in [5, 5.41) is 12.7. The van der Waals surface area contributed by atoms with Crippen molar-refractivity contribution in [2.45, 2.75) is 238 Å². The SMILES string of the molecule is CCCCC/C=C\C/C=C\C/C=C\C/C=C\CCCCCCCCCC(=O)OCC(O)COP(=O)(O)OCCNC(=O)CCCCCCCCCCCCCCCCCCC. The summed E-state index contributed by atoms with van der Waals surface area (Å²) in [7, 11) is -4.42. The van der Waals surface area contributed by atoms with E-state index in [1.165, 1.54) is 135 Å². The van der Waals surface area contributed by atoms with Crippen molar-refractivity contribution in [1.29, 1.82) is 0 Å². The number of carbonyl (C=O) groups is 2. The molecule has 0 aromatic rings. The van der Waals surface area contributed by atoms with E-state index in [-0.39, 0.29) is 32.1 Å². The van der Waals surface area contributed by atoms with Crippen LogP contribution in [0.1, 0.15) is 232 Å². The number of phosphoric ester groups is 1. The monoisotopic (exact) mass is 880 g/mol. The molecule has 0 fully saturated rings. The van der Waals surface area contributed by atoms with Gasteiger partial charge in [-0.2, -0.15) is 0 Å². The van der Waals surface area contributed by atoms with E-state index in [2.05, 4.69) is 67.8 Å². The number of unbranched alkanes of at least 4 members (excludes halogenated alkanes) is 26. The van der Waals surface area contributed by atoms with Gasteiger partial charge in [-0.3, -0.25) is 18.6 Å². The molecule has 0 radical (unpaired) electrons. The molecule has 10 heteroatoms. The topological polar surface area (TPSA) is 131 Å². The van der Waals surface area contributed by atoms with Crippen molar-refractivity contribution >= 4 is 19.7 Å². The number of phosphoric acid groups is 1. The first-order valence-electron chi connectivity index (χ1n) is 25.1. The molecule has 0 aliphatic heterocycles. The quantitative estimate of drug-likeness (QED) is 0.0238. The maximum absolute atomic E-state index is 12.1. The lowest BCUT2D eigenvalue weighted by Crippen LogP contribution is -2.27. The third-order valence-corrected chi connectivity index (χ3v) is 11.7. The average molecular weight is 880 g/mol.